The van der Waals surface area contributed by atoms with Gasteiger partial charge in [-0.1, -0.05) is 0 Å². The number of aromatic carboxylic acids is 1. The van der Waals surface area contributed by atoms with E-state index in [2.05, 4.69) is 0 Å². The zero-order valence-corrected chi connectivity index (χ0v) is 10.9. The zero-order chi connectivity index (χ0) is 14.7. The van der Waals surface area contributed by atoms with E-state index in [0.29, 0.717) is 16.9 Å². The fourth-order valence-electron chi connectivity index (χ4n) is 1.92. The Morgan fingerprint density at radius 3 is 2.45 bits per heavy atom. The Hall–Kier alpha value is -3.00. The van der Waals surface area contributed by atoms with Crippen molar-refractivity contribution in [3.63, 3.8) is 0 Å². The summed E-state index contributed by atoms with van der Waals surface area (Å²) in [5, 5.41) is 18.0. The third-order valence-electron chi connectivity index (χ3n) is 3.00. The van der Waals surface area contributed by atoms with Crippen LogP contribution < -0.4 is 10.6 Å². The maximum atomic E-state index is 11.3. The van der Waals surface area contributed by atoms with Crippen molar-refractivity contribution in [1.82, 2.24) is 0 Å². The van der Waals surface area contributed by atoms with Gasteiger partial charge in [0.1, 0.15) is 0 Å². The Labute approximate surface area is 116 Å². The topological polar surface area (TPSA) is 90.4 Å². The Bertz CT molecular complexity index is 687. The largest absolute Gasteiger partial charge is 0.478 e. The van der Waals surface area contributed by atoms with E-state index in [9.17, 15) is 9.90 Å². The summed E-state index contributed by atoms with van der Waals surface area (Å²) in [5.41, 5.74) is 8.04. The van der Waals surface area contributed by atoms with Gasteiger partial charge < -0.3 is 15.7 Å². The lowest BCUT2D eigenvalue weighted by atomic mass is 10.1. The van der Waals surface area contributed by atoms with Gasteiger partial charge in [-0.15, -0.1) is 0 Å². The molecule has 0 unspecified atom stereocenters. The molecule has 20 heavy (non-hydrogen) atoms. The van der Waals surface area contributed by atoms with Crippen LogP contribution in [0.1, 0.15) is 15.9 Å². The highest BCUT2D eigenvalue weighted by atomic mass is 16.4. The Morgan fingerprint density at radius 2 is 1.90 bits per heavy atom. The fraction of sp³-hybridized carbons (Fsp3) is 0.0667. The Morgan fingerprint density at radius 1 is 1.25 bits per heavy atom. The molecular formula is C15H13N3O2. The van der Waals surface area contributed by atoms with Crippen LogP contribution in [0.4, 0.5) is 17.1 Å². The molecule has 0 heterocycles. The highest BCUT2D eigenvalue weighted by Crippen LogP contribution is 2.28. The van der Waals surface area contributed by atoms with Crippen molar-refractivity contribution in [2.75, 3.05) is 17.7 Å². The number of rotatable bonds is 3. The molecule has 0 atom stereocenters. The minimum atomic E-state index is -1.03. The van der Waals surface area contributed by atoms with Crippen LogP contribution in [0.25, 0.3) is 0 Å². The van der Waals surface area contributed by atoms with Gasteiger partial charge in [0.25, 0.3) is 0 Å². The Kier molecular flexibility index (Phi) is 3.58. The number of nitrogens with two attached hydrogens (primary N) is 1. The van der Waals surface area contributed by atoms with Crippen LogP contribution >= 0.6 is 0 Å². The van der Waals surface area contributed by atoms with Crippen molar-refractivity contribution >= 4 is 23.0 Å². The van der Waals surface area contributed by atoms with Gasteiger partial charge >= 0.3 is 5.97 Å². The molecule has 0 bridgehead atoms. The average molecular weight is 267 g/mol. The summed E-state index contributed by atoms with van der Waals surface area (Å²) in [6.45, 7) is 0. The predicted octanol–water partition coefficient (Wildman–Crippen LogP) is 2.61. The van der Waals surface area contributed by atoms with Gasteiger partial charge in [0.05, 0.1) is 22.9 Å². The number of nitrogens with zero attached hydrogens (tertiary/aromatic N) is 2. The van der Waals surface area contributed by atoms with Crippen LogP contribution in [0.15, 0.2) is 42.5 Å². The van der Waals surface area contributed by atoms with Crippen molar-refractivity contribution < 1.29 is 9.90 Å². The number of nitrogen functional groups attached to an aromatic ring is 1. The number of hydrogen-bond acceptors (Lipinski definition) is 4. The minimum absolute atomic E-state index is 0.136. The highest BCUT2D eigenvalue weighted by molar-refractivity contribution is 5.96. The molecule has 3 N–H and O–H groups in total. The molecule has 0 fully saturated rings. The number of carboxylic acids is 1. The lowest BCUT2D eigenvalue weighted by Gasteiger charge is -2.21. The van der Waals surface area contributed by atoms with Crippen molar-refractivity contribution in [3.05, 3.63) is 53.6 Å². The van der Waals surface area contributed by atoms with Crippen LogP contribution in [-0.4, -0.2) is 18.1 Å². The second-order valence-electron chi connectivity index (χ2n) is 4.30. The molecule has 2 aromatic rings. The summed E-state index contributed by atoms with van der Waals surface area (Å²) < 4.78 is 0. The quantitative estimate of drug-likeness (QED) is 0.834. The smallest absolute Gasteiger partial charge is 0.337 e. The molecular weight excluding hydrogens is 254 g/mol. The molecule has 0 saturated carbocycles. The summed E-state index contributed by atoms with van der Waals surface area (Å²) in [6.07, 6.45) is 0. The molecule has 0 spiro atoms. The van der Waals surface area contributed by atoms with Crippen LogP contribution in [0.5, 0.6) is 0 Å². The number of hydrogen-bond donors (Lipinski definition) is 2. The molecule has 0 aliphatic carbocycles. The number of benzene rings is 2. The molecule has 100 valence electrons. The van der Waals surface area contributed by atoms with Crippen molar-refractivity contribution in [1.29, 1.82) is 5.26 Å². The fourth-order valence-corrected chi connectivity index (χ4v) is 1.92. The van der Waals surface area contributed by atoms with E-state index in [1.54, 1.807) is 48.3 Å². The molecule has 0 aliphatic rings. The highest BCUT2D eigenvalue weighted by Gasteiger charge is 2.15. The summed E-state index contributed by atoms with van der Waals surface area (Å²) >= 11 is 0. The summed E-state index contributed by atoms with van der Waals surface area (Å²) in [6, 6.07) is 13.7. The standard InChI is InChI=1S/C15H13N3O2/c1-18(12-5-2-10(9-16)3-6-12)14-7-4-11(17)8-13(14)15(19)20/h2-8H,17H2,1H3,(H,19,20). The SMILES string of the molecule is CN(c1ccc(C#N)cc1)c1ccc(N)cc1C(=O)O. The lowest BCUT2D eigenvalue weighted by Crippen LogP contribution is -2.14. The average Bonchev–Trinajstić information content (AvgIpc) is 2.46. The number of anilines is 3. The summed E-state index contributed by atoms with van der Waals surface area (Å²) in [5.74, 6) is -1.03. The molecule has 0 saturated heterocycles. The predicted molar refractivity (Wildman–Crippen MR) is 77.0 cm³/mol. The monoisotopic (exact) mass is 267 g/mol. The number of nitriles is 1. The minimum Gasteiger partial charge on any atom is -0.478 e. The van der Waals surface area contributed by atoms with Gasteiger partial charge in [0.15, 0.2) is 0 Å². The van der Waals surface area contributed by atoms with E-state index >= 15 is 0 Å². The van der Waals surface area contributed by atoms with Crippen molar-refractivity contribution in [2.24, 2.45) is 0 Å². The number of carbonyl (C=O) groups is 1. The van der Waals surface area contributed by atoms with E-state index < -0.39 is 5.97 Å². The van der Waals surface area contributed by atoms with E-state index in [1.165, 1.54) is 6.07 Å². The lowest BCUT2D eigenvalue weighted by molar-refractivity contribution is 0.0697. The normalized spacial score (nSPS) is 9.80. The van der Waals surface area contributed by atoms with Gasteiger partial charge in [-0.2, -0.15) is 5.26 Å². The van der Waals surface area contributed by atoms with Gasteiger partial charge in [-0.25, -0.2) is 4.79 Å². The van der Waals surface area contributed by atoms with Crippen molar-refractivity contribution in [2.45, 2.75) is 0 Å². The zero-order valence-electron chi connectivity index (χ0n) is 10.9. The molecule has 2 aromatic carbocycles. The van der Waals surface area contributed by atoms with Crippen LogP contribution in [0, 0.1) is 11.3 Å². The number of carboxylic acid groups (broad SMARTS) is 1. The molecule has 2 rings (SSSR count). The molecule has 0 amide bonds. The van der Waals surface area contributed by atoms with Gasteiger partial charge in [0, 0.05) is 18.4 Å². The third-order valence-corrected chi connectivity index (χ3v) is 3.00. The van der Waals surface area contributed by atoms with Gasteiger partial charge in [-0.3, -0.25) is 0 Å². The Balaban J connectivity index is 2.44. The second-order valence-corrected chi connectivity index (χ2v) is 4.30. The van der Waals surface area contributed by atoms with Gasteiger partial charge in [-0.05, 0) is 42.5 Å². The van der Waals surface area contributed by atoms with Crippen molar-refractivity contribution in [3.8, 4) is 6.07 Å². The third kappa shape index (κ3) is 2.54. The molecule has 0 aromatic heterocycles. The van der Waals surface area contributed by atoms with Crippen LogP contribution in [0.3, 0.4) is 0 Å². The second kappa shape index (κ2) is 5.33. The molecule has 0 radical (unpaired) electrons. The van der Waals surface area contributed by atoms with Crippen LogP contribution in [0.2, 0.25) is 0 Å². The van der Waals surface area contributed by atoms with E-state index in [4.69, 9.17) is 11.0 Å². The molecule has 5 heteroatoms. The van der Waals surface area contributed by atoms with E-state index in [1.807, 2.05) is 6.07 Å². The van der Waals surface area contributed by atoms with Gasteiger partial charge in [0.2, 0.25) is 0 Å². The first-order valence-electron chi connectivity index (χ1n) is 5.89. The first kappa shape index (κ1) is 13.4. The first-order chi connectivity index (χ1) is 9.52. The molecule has 5 nitrogen and oxygen atoms in total. The first-order valence-corrected chi connectivity index (χ1v) is 5.89. The van der Waals surface area contributed by atoms with E-state index in [-0.39, 0.29) is 5.56 Å². The van der Waals surface area contributed by atoms with E-state index in [0.717, 1.165) is 5.69 Å². The summed E-state index contributed by atoms with van der Waals surface area (Å²) in [4.78, 5) is 13.0. The van der Waals surface area contributed by atoms with Crippen LogP contribution in [-0.2, 0) is 0 Å². The maximum absolute atomic E-state index is 11.3. The maximum Gasteiger partial charge on any atom is 0.337 e. The summed E-state index contributed by atoms with van der Waals surface area (Å²) in [7, 11) is 1.76. The molecule has 0 aliphatic heterocycles.